The Bertz CT molecular complexity index is 1100. The molecule has 29 heavy (non-hydrogen) atoms. The summed E-state index contributed by atoms with van der Waals surface area (Å²) in [5, 5.41) is 12.1. The summed E-state index contributed by atoms with van der Waals surface area (Å²) in [5.74, 6) is 0.185. The molecule has 0 fully saturated rings. The number of hydrogen-bond donors (Lipinski definition) is 1. The van der Waals surface area contributed by atoms with Gasteiger partial charge in [-0.1, -0.05) is 49.2 Å². The summed E-state index contributed by atoms with van der Waals surface area (Å²) in [6.07, 6.45) is 3.67. The molecule has 2 aromatic carbocycles. The second kappa shape index (κ2) is 7.66. The van der Waals surface area contributed by atoms with Crippen LogP contribution in [0.2, 0.25) is 5.02 Å². The van der Waals surface area contributed by atoms with Crippen LogP contribution in [0.3, 0.4) is 0 Å². The van der Waals surface area contributed by atoms with Gasteiger partial charge in [0, 0.05) is 35.3 Å². The lowest BCUT2D eigenvalue weighted by atomic mass is 9.88. The summed E-state index contributed by atoms with van der Waals surface area (Å²) in [6.45, 7) is 11.4. The highest BCUT2D eigenvalue weighted by Crippen LogP contribution is 2.48. The van der Waals surface area contributed by atoms with Gasteiger partial charge in [0.1, 0.15) is 0 Å². The predicted molar refractivity (Wildman–Crippen MR) is 127 cm³/mol. The van der Waals surface area contributed by atoms with E-state index in [1.54, 1.807) is 11.9 Å². The van der Waals surface area contributed by atoms with Crippen molar-refractivity contribution in [2.24, 2.45) is 0 Å². The third-order valence-electron chi connectivity index (χ3n) is 6.03. The Morgan fingerprint density at radius 2 is 1.97 bits per heavy atom. The van der Waals surface area contributed by atoms with Gasteiger partial charge >= 0.3 is 0 Å². The monoisotopic (exact) mass is 426 g/mol. The van der Waals surface area contributed by atoms with Gasteiger partial charge in [0.2, 0.25) is 0 Å². The third-order valence-corrected chi connectivity index (χ3v) is 7.16. The van der Waals surface area contributed by atoms with E-state index in [0.717, 1.165) is 29.1 Å². The van der Waals surface area contributed by atoms with Crippen molar-refractivity contribution in [3.05, 3.63) is 64.5 Å². The van der Waals surface area contributed by atoms with Gasteiger partial charge in [-0.05, 0) is 60.7 Å². The van der Waals surface area contributed by atoms with Crippen molar-refractivity contribution < 1.29 is 5.11 Å². The van der Waals surface area contributed by atoms with E-state index in [4.69, 9.17) is 11.6 Å². The van der Waals surface area contributed by atoms with Crippen LogP contribution in [0.1, 0.15) is 30.2 Å². The number of aryl methyl sites for hydroxylation is 1. The topological polar surface area (TPSA) is 28.4 Å². The minimum Gasteiger partial charge on any atom is -0.513 e. The van der Waals surface area contributed by atoms with E-state index in [-0.39, 0.29) is 5.76 Å². The fraction of sp³-hybridized carbons (Fsp3) is 0.333. The third kappa shape index (κ3) is 3.23. The summed E-state index contributed by atoms with van der Waals surface area (Å²) in [7, 11) is 0. The van der Waals surface area contributed by atoms with Gasteiger partial charge in [-0.3, -0.25) is 0 Å². The Morgan fingerprint density at radius 3 is 2.55 bits per heavy atom. The molecule has 3 nitrogen and oxygen atoms in total. The average molecular weight is 427 g/mol. The first-order valence-corrected chi connectivity index (χ1v) is 11.5. The zero-order chi connectivity index (χ0) is 20.9. The van der Waals surface area contributed by atoms with Crippen LogP contribution in [0, 0.1) is 13.8 Å². The molecule has 1 aliphatic rings. The van der Waals surface area contributed by atoms with Crippen molar-refractivity contribution in [3.63, 3.8) is 0 Å². The molecule has 0 radical (unpaired) electrons. The maximum Gasteiger partial charge on any atom is 0.0895 e. The largest absolute Gasteiger partial charge is 0.513 e. The Kier molecular flexibility index (Phi) is 5.34. The van der Waals surface area contributed by atoms with Gasteiger partial charge < -0.3 is 14.0 Å². The van der Waals surface area contributed by atoms with Crippen LogP contribution in [0.15, 0.2) is 42.7 Å². The Balaban J connectivity index is 2.13. The normalized spacial score (nSPS) is 15.9. The summed E-state index contributed by atoms with van der Waals surface area (Å²) < 4.78 is 4.93. The molecule has 4 rings (SSSR count). The molecule has 0 spiro atoms. The molecule has 152 valence electrons. The quantitative estimate of drug-likeness (QED) is 0.349. The number of rotatable bonds is 5. The van der Waals surface area contributed by atoms with Crippen molar-refractivity contribution in [2.75, 3.05) is 10.6 Å². The molecule has 1 aromatic heterocycles. The molecule has 2 heterocycles. The minimum absolute atomic E-state index is 0.185. The second-order valence-corrected chi connectivity index (χ2v) is 9.00. The van der Waals surface area contributed by atoms with Gasteiger partial charge in [-0.25, -0.2) is 0 Å². The lowest BCUT2D eigenvalue weighted by Gasteiger charge is -2.38. The Hall–Kier alpha value is -2.04. The SMILES string of the molecule is C=C(O)Cc1c(C)c2c3c(cc(C)n3CC(CC)N2SC)c1-c1ccc(Cl)cc1. The summed E-state index contributed by atoms with van der Waals surface area (Å²) in [5.41, 5.74) is 8.47. The van der Waals surface area contributed by atoms with Crippen LogP contribution in [0.25, 0.3) is 22.0 Å². The highest BCUT2D eigenvalue weighted by molar-refractivity contribution is 8.00. The predicted octanol–water partition coefficient (Wildman–Crippen LogP) is 7.07. The molecule has 1 unspecified atom stereocenters. The van der Waals surface area contributed by atoms with E-state index in [1.165, 1.54) is 33.4 Å². The maximum atomic E-state index is 10.1. The molecule has 1 N–H and O–H groups in total. The number of aliphatic hydroxyl groups is 1. The molecule has 0 aliphatic carbocycles. The van der Waals surface area contributed by atoms with Crippen LogP contribution in [-0.4, -0.2) is 22.0 Å². The average Bonchev–Trinajstić information content (AvgIpc) is 3.02. The molecule has 1 aliphatic heterocycles. The van der Waals surface area contributed by atoms with Crippen LogP contribution >= 0.6 is 23.5 Å². The number of hydrogen-bond acceptors (Lipinski definition) is 3. The highest BCUT2D eigenvalue weighted by atomic mass is 35.5. The molecule has 0 amide bonds. The Morgan fingerprint density at radius 1 is 1.28 bits per heavy atom. The number of benzene rings is 2. The molecular weight excluding hydrogens is 400 g/mol. The molecule has 0 bridgehead atoms. The molecule has 0 saturated heterocycles. The van der Waals surface area contributed by atoms with Gasteiger partial charge in [0.25, 0.3) is 0 Å². The molecule has 5 heteroatoms. The van der Waals surface area contributed by atoms with Crippen molar-refractivity contribution in [3.8, 4) is 11.1 Å². The smallest absolute Gasteiger partial charge is 0.0895 e. The number of halogens is 1. The number of aliphatic hydroxyl groups excluding tert-OH is 1. The van der Waals surface area contributed by atoms with Crippen molar-refractivity contribution in [1.82, 2.24) is 4.57 Å². The van der Waals surface area contributed by atoms with Crippen LogP contribution in [0.5, 0.6) is 0 Å². The van der Waals surface area contributed by atoms with Gasteiger partial charge in [0.05, 0.1) is 23.0 Å². The van der Waals surface area contributed by atoms with E-state index in [2.05, 4.69) is 60.7 Å². The molecular formula is C24H27ClN2OS. The second-order valence-electron chi connectivity index (χ2n) is 7.81. The first kappa shape index (κ1) is 20.2. The lowest BCUT2D eigenvalue weighted by molar-refractivity contribution is 0.401. The minimum atomic E-state index is 0.185. The fourth-order valence-corrected chi connectivity index (χ4v) is 5.72. The van der Waals surface area contributed by atoms with Crippen molar-refractivity contribution in [1.29, 1.82) is 0 Å². The first-order chi connectivity index (χ1) is 13.9. The van der Waals surface area contributed by atoms with E-state index in [1.807, 2.05) is 12.1 Å². The summed E-state index contributed by atoms with van der Waals surface area (Å²) >= 11 is 7.95. The maximum absolute atomic E-state index is 10.1. The number of anilines is 1. The number of allylic oxidation sites excluding steroid dienone is 1. The van der Waals surface area contributed by atoms with E-state index in [9.17, 15) is 5.11 Å². The number of nitrogens with zero attached hydrogens (tertiary/aromatic N) is 2. The zero-order valence-electron chi connectivity index (χ0n) is 17.4. The zero-order valence-corrected chi connectivity index (χ0v) is 19.0. The summed E-state index contributed by atoms with van der Waals surface area (Å²) in [6, 6.07) is 10.7. The van der Waals surface area contributed by atoms with Crippen molar-refractivity contribution in [2.45, 2.75) is 46.2 Å². The lowest BCUT2D eigenvalue weighted by Crippen LogP contribution is -2.37. The fourth-order valence-electron chi connectivity index (χ4n) is 4.67. The van der Waals surface area contributed by atoms with Gasteiger partial charge in [-0.15, -0.1) is 0 Å². The molecule has 3 aromatic rings. The first-order valence-electron chi connectivity index (χ1n) is 9.98. The standard InChI is InChI=1S/C24H27ClN2OS/c1-6-19-13-26-14(2)11-21-22(17-7-9-18(25)10-8-17)20(12-15(3)28)16(4)23(24(21)26)27(19)29-5/h7-11,19,28H,3,6,12-13H2,1-2,4-5H3. The van der Waals surface area contributed by atoms with Crippen LogP contribution < -0.4 is 4.31 Å². The van der Waals surface area contributed by atoms with Crippen LogP contribution in [0.4, 0.5) is 5.69 Å². The van der Waals surface area contributed by atoms with Crippen molar-refractivity contribution >= 4 is 40.1 Å². The number of aromatic nitrogens is 1. The highest BCUT2D eigenvalue weighted by Gasteiger charge is 2.32. The Labute approximate surface area is 182 Å². The van der Waals surface area contributed by atoms with Gasteiger partial charge in [0.15, 0.2) is 0 Å². The van der Waals surface area contributed by atoms with Crippen LogP contribution in [-0.2, 0) is 13.0 Å². The van der Waals surface area contributed by atoms with E-state index < -0.39 is 0 Å². The van der Waals surface area contributed by atoms with E-state index >= 15 is 0 Å². The molecule has 0 saturated carbocycles. The van der Waals surface area contributed by atoms with Gasteiger partial charge in [-0.2, -0.15) is 0 Å². The summed E-state index contributed by atoms with van der Waals surface area (Å²) in [4.78, 5) is 0. The molecule has 1 atom stereocenters. The van der Waals surface area contributed by atoms with E-state index in [0.29, 0.717) is 12.5 Å².